The molecule has 0 aromatic heterocycles. The first-order valence-corrected chi connectivity index (χ1v) is 6.06. The molecule has 0 aliphatic carbocycles. The lowest BCUT2D eigenvalue weighted by atomic mass is 10.1. The number of primary amides is 1. The predicted octanol–water partition coefficient (Wildman–Crippen LogP) is 3.29. The molecule has 5 nitrogen and oxygen atoms in total. The molecule has 0 heterocycles. The van der Waals surface area contributed by atoms with Gasteiger partial charge in [-0.25, -0.2) is 0 Å². The number of nitrogens with two attached hydrogens (primary N) is 1. The third-order valence-corrected chi connectivity index (χ3v) is 2.49. The number of unbranched alkanes of at least 4 members (excludes halogenated alkanes) is 7. The molecule has 0 aliphatic heterocycles. The van der Waals surface area contributed by atoms with Crippen molar-refractivity contribution in [2.75, 3.05) is 6.54 Å². The maximum atomic E-state index is 10.4. The van der Waals surface area contributed by atoms with Gasteiger partial charge in [0.1, 0.15) is 0 Å². The molecule has 0 unspecified atom stereocenters. The van der Waals surface area contributed by atoms with Crippen molar-refractivity contribution >= 4 is 5.91 Å². The van der Waals surface area contributed by atoms with Gasteiger partial charge in [0, 0.05) is 17.9 Å². The number of azide groups is 1. The van der Waals surface area contributed by atoms with Gasteiger partial charge in [0.15, 0.2) is 0 Å². The molecule has 0 saturated carbocycles. The molecule has 5 heteroatoms. The quantitative estimate of drug-likeness (QED) is 0.249. The van der Waals surface area contributed by atoms with Crippen LogP contribution in [0.15, 0.2) is 5.11 Å². The van der Waals surface area contributed by atoms with E-state index in [-0.39, 0.29) is 5.91 Å². The second kappa shape index (κ2) is 11.9. The van der Waals surface area contributed by atoms with E-state index in [1.165, 1.54) is 25.7 Å². The van der Waals surface area contributed by atoms with Crippen molar-refractivity contribution in [2.45, 2.75) is 57.8 Å². The van der Waals surface area contributed by atoms with Gasteiger partial charge in [0.05, 0.1) is 0 Å². The van der Waals surface area contributed by atoms with E-state index in [1.807, 2.05) is 0 Å². The Hall–Kier alpha value is -1.22. The molecule has 0 atom stereocenters. The first-order valence-electron chi connectivity index (χ1n) is 6.06. The van der Waals surface area contributed by atoms with Crippen LogP contribution in [0.25, 0.3) is 10.4 Å². The molecule has 0 bridgehead atoms. The van der Waals surface area contributed by atoms with Crippen molar-refractivity contribution in [3.63, 3.8) is 0 Å². The largest absolute Gasteiger partial charge is 0.370 e. The van der Waals surface area contributed by atoms with Gasteiger partial charge in [-0.3, -0.25) is 4.79 Å². The average molecular weight is 226 g/mol. The monoisotopic (exact) mass is 226 g/mol. The normalized spacial score (nSPS) is 9.75. The van der Waals surface area contributed by atoms with E-state index in [4.69, 9.17) is 11.3 Å². The highest BCUT2D eigenvalue weighted by molar-refractivity contribution is 5.73. The summed E-state index contributed by atoms with van der Waals surface area (Å²) in [6, 6.07) is 0. The molecule has 0 aliphatic rings. The van der Waals surface area contributed by atoms with E-state index in [9.17, 15) is 4.79 Å². The Bertz CT molecular complexity index is 214. The summed E-state index contributed by atoms with van der Waals surface area (Å²) in [4.78, 5) is 13.2. The highest BCUT2D eigenvalue weighted by Gasteiger charge is 1.95. The summed E-state index contributed by atoms with van der Waals surface area (Å²) in [5, 5.41) is 3.48. The molecule has 2 N–H and O–H groups in total. The average Bonchev–Trinajstić information content (AvgIpc) is 2.25. The zero-order valence-electron chi connectivity index (χ0n) is 9.90. The summed E-state index contributed by atoms with van der Waals surface area (Å²) in [5.41, 5.74) is 13.1. The lowest BCUT2D eigenvalue weighted by Crippen LogP contribution is -2.09. The lowest BCUT2D eigenvalue weighted by Gasteiger charge is -2.00. The van der Waals surface area contributed by atoms with Gasteiger partial charge in [-0.15, -0.1) is 0 Å². The van der Waals surface area contributed by atoms with E-state index < -0.39 is 0 Å². The molecule has 0 spiro atoms. The van der Waals surface area contributed by atoms with Crippen molar-refractivity contribution in [1.82, 2.24) is 0 Å². The second-order valence-electron chi connectivity index (χ2n) is 4.00. The Kier molecular flexibility index (Phi) is 10.9. The van der Waals surface area contributed by atoms with Crippen LogP contribution in [0.3, 0.4) is 0 Å². The second-order valence-corrected chi connectivity index (χ2v) is 4.00. The fourth-order valence-electron chi connectivity index (χ4n) is 1.59. The van der Waals surface area contributed by atoms with Crippen molar-refractivity contribution in [3.05, 3.63) is 10.4 Å². The highest BCUT2D eigenvalue weighted by Crippen LogP contribution is 2.09. The minimum absolute atomic E-state index is 0.196. The van der Waals surface area contributed by atoms with E-state index in [2.05, 4.69) is 10.0 Å². The Morgan fingerprint density at radius 3 is 2.00 bits per heavy atom. The van der Waals surface area contributed by atoms with Gasteiger partial charge >= 0.3 is 0 Å². The van der Waals surface area contributed by atoms with Crippen LogP contribution in [0.5, 0.6) is 0 Å². The number of amides is 1. The number of hydrogen-bond donors (Lipinski definition) is 1. The van der Waals surface area contributed by atoms with Crippen LogP contribution in [0.4, 0.5) is 0 Å². The van der Waals surface area contributed by atoms with Gasteiger partial charge in [0.2, 0.25) is 5.91 Å². The minimum atomic E-state index is -0.196. The summed E-state index contributed by atoms with van der Waals surface area (Å²) in [5.74, 6) is -0.196. The fourth-order valence-corrected chi connectivity index (χ4v) is 1.59. The Morgan fingerprint density at radius 2 is 1.50 bits per heavy atom. The molecular weight excluding hydrogens is 204 g/mol. The number of carbonyl (C=O) groups excluding carboxylic acids is 1. The Morgan fingerprint density at radius 1 is 1.00 bits per heavy atom. The van der Waals surface area contributed by atoms with Gasteiger partial charge in [-0.1, -0.05) is 43.6 Å². The maximum absolute atomic E-state index is 10.4. The van der Waals surface area contributed by atoms with E-state index in [0.29, 0.717) is 13.0 Å². The van der Waals surface area contributed by atoms with Gasteiger partial charge < -0.3 is 5.73 Å². The van der Waals surface area contributed by atoms with Crippen molar-refractivity contribution in [1.29, 1.82) is 0 Å². The number of nitrogens with zero attached hydrogens (tertiary/aromatic N) is 3. The predicted molar refractivity (Wildman–Crippen MR) is 64.8 cm³/mol. The van der Waals surface area contributed by atoms with Crippen LogP contribution in [-0.2, 0) is 4.79 Å². The first-order chi connectivity index (χ1) is 7.77. The Balaban J connectivity index is 2.98. The molecule has 0 aromatic rings. The zero-order chi connectivity index (χ0) is 12.1. The molecule has 0 saturated heterocycles. The standard InChI is InChI=1S/C11H22N4O/c12-11(16)9-7-5-3-1-2-4-6-8-10-14-15-13/h1-10H2,(H2,12,16). The number of hydrogen-bond acceptors (Lipinski definition) is 2. The van der Waals surface area contributed by atoms with Crippen LogP contribution in [0.1, 0.15) is 57.8 Å². The molecule has 0 rings (SSSR count). The summed E-state index contributed by atoms with van der Waals surface area (Å²) in [6.07, 6.45) is 9.51. The van der Waals surface area contributed by atoms with Gasteiger partial charge in [-0.05, 0) is 18.4 Å². The zero-order valence-corrected chi connectivity index (χ0v) is 9.90. The molecule has 16 heavy (non-hydrogen) atoms. The third-order valence-electron chi connectivity index (χ3n) is 2.49. The van der Waals surface area contributed by atoms with Crippen molar-refractivity contribution in [2.24, 2.45) is 10.8 Å². The van der Waals surface area contributed by atoms with Crippen LogP contribution >= 0.6 is 0 Å². The lowest BCUT2D eigenvalue weighted by molar-refractivity contribution is -0.118. The number of carbonyl (C=O) groups is 1. The minimum Gasteiger partial charge on any atom is -0.370 e. The molecule has 0 radical (unpaired) electrons. The van der Waals surface area contributed by atoms with Gasteiger partial charge in [-0.2, -0.15) is 0 Å². The first kappa shape index (κ1) is 14.8. The van der Waals surface area contributed by atoms with Crippen LogP contribution in [0.2, 0.25) is 0 Å². The van der Waals surface area contributed by atoms with Crippen LogP contribution in [0, 0.1) is 0 Å². The fraction of sp³-hybridized carbons (Fsp3) is 0.909. The van der Waals surface area contributed by atoms with Crippen LogP contribution < -0.4 is 5.73 Å². The van der Waals surface area contributed by atoms with Crippen molar-refractivity contribution in [3.8, 4) is 0 Å². The summed E-state index contributed by atoms with van der Waals surface area (Å²) >= 11 is 0. The van der Waals surface area contributed by atoms with Crippen molar-refractivity contribution < 1.29 is 4.79 Å². The molecule has 92 valence electrons. The van der Waals surface area contributed by atoms with Gasteiger partial charge in [0.25, 0.3) is 0 Å². The molecule has 0 aromatic carbocycles. The highest BCUT2D eigenvalue weighted by atomic mass is 16.1. The summed E-state index contributed by atoms with van der Waals surface area (Å²) in [6.45, 7) is 0.620. The third kappa shape index (κ3) is 12.8. The Labute approximate surface area is 97.0 Å². The molecule has 1 amide bonds. The smallest absolute Gasteiger partial charge is 0.217 e. The summed E-state index contributed by atoms with van der Waals surface area (Å²) < 4.78 is 0. The topological polar surface area (TPSA) is 91.8 Å². The molecular formula is C11H22N4O. The maximum Gasteiger partial charge on any atom is 0.217 e. The van der Waals surface area contributed by atoms with E-state index >= 15 is 0 Å². The SMILES string of the molecule is [N-]=[N+]=NCCCCCCCCCCC(N)=O. The van der Waals surface area contributed by atoms with E-state index in [0.717, 1.165) is 25.7 Å². The summed E-state index contributed by atoms with van der Waals surface area (Å²) in [7, 11) is 0. The molecule has 0 fully saturated rings. The van der Waals surface area contributed by atoms with E-state index in [1.54, 1.807) is 0 Å². The number of rotatable bonds is 11. The van der Waals surface area contributed by atoms with Crippen LogP contribution in [-0.4, -0.2) is 12.5 Å².